The summed E-state index contributed by atoms with van der Waals surface area (Å²) in [5, 5.41) is 91.4. The van der Waals surface area contributed by atoms with Crippen molar-refractivity contribution in [3.8, 4) is 0 Å². The Kier molecular flexibility index (Phi) is 10.0. The molecule has 7 aliphatic rings. The monoisotopic (exact) mass is 706 g/mol. The maximum Gasteiger partial charge on any atom is 0.337 e. The first-order valence-corrected chi connectivity index (χ1v) is 16.8. The van der Waals surface area contributed by atoms with Gasteiger partial charge in [-0.05, 0) is 25.2 Å². The number of epoxide rings is 1. The fourth-order valence-electron chi connectivity index (χ4n) is 8.81. The molecule has 0 unspecified atom stereocenters. The van der Waals surface area contributed by atoms with Gasteiger partial charge in [-0.3, -0.25) is 0 Å². The van der Waals surface area contributed by atoms with E-state index in [4.69, 9.17) is 37.9 Å². The second-order valence-electron chi connectivity index (χ2n) is 14.2. The van der Waals surface area contributed by atoms with Crippen molar-refractivity contribution < 1.29 is 88.6 Å². The Balaban J connectivity index is 1.05. The van der Waals surface area contributed by atoms with Gasteiger partial charge in [0.1, 0.15) is 66.6 Å². The number of aliphatic hydroxyl groups excluding tert-OH is 9. The highest BCUT2D eigenvalue weighted by Crippen LogP contribution is 2.61. The Morgan fingerprint density at radius 2 is 1.43 bits per heavy atom. The Labute approximate surface area is 280 Å². The van der Waals surface area contributed by atoms with Gasteiger partial charge in [-0.1, -0.05) is 6.92 Å². The molecule has 0 amide bonds. The first-order chi connectivity index (χ1) is 23.4. The Morgan fingerprint density at radius 1 is 0.816 bits per heavy atom. The lowest BCUT2D eigenvalue weighted by Gasteiger charge is -2.44. The van der Waals surface area contributed by atoms with Crippen molar-refractivity contribution in [1.29, 1.82) is 0 Å². The highest BCUT2D eigenvalue weighted by atomic mass is 16.8. The summed E-state index contributed by atoms with van der Waals surface area (Å²) in [5.74, 6) is -2.44. The van der Waals surface area contributed by atoms with Crippen molar-refractivity contribution in [1.82, 2.24) is 0 Å². The van der Waals surface area contributed by atoms with Crippen molar-refractivity contribution in [3.05, 3.63) is 11.8 Å². The number of hydrogen-bond donors (Lipinski definition) is 9. The van der Waals surface area contributed by atoms with E-state index in [1.54, 1.807) is 0 Å². The van der Waals surface area contributed by atoms with Crippen molar-refractivity contribution >= 4 is 5.97 Å². The molecule has 18 heteroatoms. The van der Waals surface area contributed by atoms with Crippen LogP contribution in [-0.4, -0.2) is 170 Å². The minimum atomic E-state index is -1.67. The number of hydrogen-bond acceptors (Lipinski definition) is 18. The fraction of sp³-hybridized carbons (Fsp3) is 0.903. The quantitative estimate of drug-likeness (QED) is 0.0808. The summed E-state index contributed by atoms with van der Waals surface area (Å²) >= 11 is 0. The van der Waals surface area contributed by atoms with Crippen molar-refractivity contribution in [2.75, 3.05) is 26.4 Å². The van der Waals surface area contributed by atoms with Gasteiger partial charge in [0.15, 0.2) is 18.9 Å². The standard InChI is InChI=1S/C31H46O18/c1-10-2-3-11-13(8-43-27(16(10)11)47-29-22(39)20(37)18(35)14(6-32)44-29)26(41)46-24-12-4-5-42-28(17(12)31(9-34)25(24)49-31)48-30-23(40)21(38)19(36)15(7-33)45-30/h8,10-12,14-25,27-30,32-40H,2-7,9H2,1H3/t10-,11-,12-,14-,15-,16-,17-,18-,19-,20+,21+,22-,23-,24+,25+,27+,28+,29+,30+,31-/m1/s1. The van der Waals surface area contributed by atoms with Crippen LogP contribution >= 0.6 is 0 Å². The SMILES string of the molecule is C[C@@H]1CC[C@@H]2C(C(=O)O[C@H]3[C@@H]4CCO[C@@H](O[C@@H]5O[C@H](CO)[C@@H](O)[C@H](O)[C@H]5O)[C@@H]4[C@@]4(CO)O[C@@H]34)=CO[C@@H](O[C@@H]3O[C@H](CO)[C@@H](O)[C@H](O)[C@H]3O)[C@H]12. The van der Waals surface area contributed by atoms with Gasteiger partial charge in [-0.15, -0.1) is 0 Å². The second kappa shape index (κ2) is 13.8. The third kappa shape index (κ3) is 5.91. The minimum Gasteiger partial charge on any atom is -0.472 e. The molecule has 278 valence electrons. The van der Waals surface area contributed by atoms with Crippen LogP contribution in [0.5, 0.6) is 0 Å². The van der Waals surface area contributed by atoms with Gasteiger partial charge in [0.2, 0.25) is 6.29 Å². The van der Waals surface area contributed by atoms with Gasteiger partial charge in [0, 0.05) is 17.8 Å². The van der Waals surface area contributed by atoms with E-state index in [-0.39, 0.29) is 29.9 Å². The lowest BCUT2D eigenvalue weighted by molar-refractivity contribution is -0.356. The Hall–Kier alpha value is -1.59. The predicted octanol–water partition coefficient (Wildman–Crippen LogP) is -4.44. The first kappa shape index (κ1) is 35.8. The van der Waals surface area contributed by atoms with Gasteiger partial charge in [-0.2, -0.15) is 0 Å². The second-order valence-corrected chi connectivity index (χ2v) is 14.2. The van der Waals surface area contributed by atoms with E-state index in [1.165, 1.54) is 6.26 Å². The third-order valence-corrected chi connectivity index (χ3v) is 11.6. The lowest BCUT2D eigenvalue weighted by atomic mass is 9.82. The maximum atomic E-state index is 13.8. The van der Waals surface area contributed by atoms with Crippen LogP contribution in [0.3, 0.4) is 0 Å². The molecule has 0 aromatic rings. The van der Waals surface area contributed by atoms with Crippen LogP contribution in [0, 0.1) is 29.6 Å². The third-order valence-electron chi connectivity index (χ3n) is 11.6. The first-order valence-electron chi connectivity index (χ1n) is 16.8. The molecular formula is C31H46O18. The smallest absolute Gasteiger partial charge is 0.337 e. The van der Waals surface area contributed by atoms with Crippen molar-refractivity contribution in [3.63, 3.8) is 0 Å². The van der Waals surface area contributed by atoms with Crippen LogP contribution in [-0.2, 0) is 42.7 Å². The summed E-state index contributed by atoms with van der Waals surface area (Å²) in [7, 11) is 0. The molecule has 5 aliphatic heterocycles. The molecule has 6 fully saturated rings. The molecule has 2 saturated carbocycles. The van der Waals surface area contributed by atoms with Crippen LogP contribution in [0.2, 0.25) is 0 Å². The zero-order valence-electron chi connectivity index (χ0n) is 26.7. The number of rotatable bonds is 9. The van der Waals surface area contributed by atoms with Crippen LogP contribution in [0.25, 0.3) is 0 Å². The zero-order chi connectivity index (χ0) is 34.9. The van der Waals surface area contributed by atoms with Crippen LogP contribution < -0.4 is 0 Å². The molecule has 49 heavy (non-hydrogen) atoms. The van der Waals surface area contributed by atoms with E-state index < -0.39 is 129 Å². The van der Waals surface area contributed by atoms with Crippen LogP contribution in [0.15, 0.2) is 11.8 Å². The van der Waals surface area contributed by atoms with Crippen LogP contribution in [0.4, 0.5) is 0 Å². The molecule has 9 N–H and O–H groups in total. The molecule has 20 atom stereocenters. The van der Waals surface area contributed by atoms with Gasteiger partial charge >= 0.3 is 5.97 Å². The van der Waals surface area contributed by atoms with Crippen LogP contribution in [0.1, 0.15) is 26.2 Å². The number of fused-ring (bicyclic) bond motifs is 4. The van der Waals surface area contributed by atoms with Gasteiger partial charge in [0.25, 0.3) is 0 Å². The molecule has 0 aromatic heterocycles. The van der Waals surface area contributed by atoms with Gasteiger partial charge in [0.05, 0.1) is 44.2 Å². The lowest BCUT2D eigenvalue weighted by Crippen LogP contribution is -2.61. The normalized spacial score (nSPS) is 53.5. The predicted molar refractivity (Wildman–Crippen MR) is 154 cm³/mol. The Bertz CT molecular complexity index is 1230. The van der Waals surface area contributed by atoms with E-state index in [0.29, 0.717) is 12.8 Å². The number of carbonyl (C=O) groups excluding carboxylic acids is 1. The van der Waals surface area contributed by atoms with E-state index in [1.807, 2.05) is 6.92 Å². The summed E-state index contributed by atoms with van der Waals surface area (Å²) in [6.07, 6.45) is -15.6. The molecule has 2 aliphatic carbocycles. The summed E-state index contributed by atoms with van der Waals surface area (Å²) in [4.78, 5) is 13.8. The summed E-state index contributed by atoms with van der Waals surface area (Å²) in [6.45, 7) is 0.421. The molecule has 18 nitrogen and oxygen atoms in total. The number of esters is 1. The molecule has 4 saturated heterocycles. The van der Waals surface area contributed by atoms with Gasteiger partial charge < -0.3 is 83.9 Å². The molecule has 0 spiro atoms. The molecule has 7 rings (SSSR count). The van der Waals surface area contributed by atoms with Crippen molar-refractivity contribution in [2.45, 2.75) is 118 Å². The summed E-state index contributed by atoms with van der Waals surface area (Å²) in [5.41, 5.74) is -0.913. The largest absolute Gasteiger partial charge is 0.472 e. The van der Waals surface area contributed by atoms with Gasteiger partial charge in [-0.25, -0.2) is 4.79 Å². The summed E-state index contributed by atoms with van der Waals surface area (Å²) < 4.78 is 46.8. The maximum absolute atomic E-state index is 13.8. The zero-order valence-corrected chi connectivity index (χ0v) is 26.7. The highest BCUT2D eigenvalue weighted by molar-refractivity contribution is 5.89. The molecule has 5 heterocycles. The average Bonchev–Trinajstić information content (AvgIpc) is 3.62. The number of carbonyl (C=O) groups is 1. The minimum absolute atomic E-state index is 0.0110. The van der Waals surface area contributed by atoms with E-state index in [0.717, 1.165) is 6.42 Å². The molecule has 0 bridgehead atoms. The van der Waals surface area contributed by atoms with Crippen molar-refractivity contribution in [2.24, 2.45) is 29.6 Å². The average molecular weight is 707 g/mol. The topological polar surface area (TPSA) is 276 Å². The van der Waals surface area contributed by atoms with E-state index in [2.05, 4.69) is 0 Å². The van der Waals surface area contributed by atoms with E-state index >= 15 is 0 Å². The highest BCUT2D eigenvalue weighted by Gasteiger charge is 2.77. The number of ether oxygens (including phenoxy) is 8. The Morgan fingerprint density at radius 3 is 2.02 bits per heavy atom. The van der Waals surface area contributed by atoms with E-state index in [9.17, 15) is 50.8 Å². The molecule has 0 radical (unpaired) electrons. The number of aliphatic hydroxyl groups is 9. The molecular weight excluding hydrogens is 660 g/mol. The fourth-order valence-corrected chi connectivity index (χ4v) is 8.81. The summed E-state index contributed by atoms with van der Waals surface area (Å²) in [6, 6.07) is 0. The molecule has 0 aromatic carbocycles.